The van der Waals surface area contributed by atoms with Crippen molar-refractivity contribution in [1.82, 2.24) is 20.0 Å². The number of rotatable bonds is 10. The van der Waals surface area contributed by atoms with Gasteiger partial charge in [0.1, 0.15) is 17.8 Å². The van der Waals surface area contributed by atoms with Crippen LogP contribution in [0.25, 0.3) is 5.76 Å². The molecule has 39 heavy (non-hydrogen) atoms. The maximum atomic E-state index is 13.0. The summed E-state index contributed by atoms with van der Waals surface area (Å²) in [4.78, 5) is 31.3. The maximum Gasteiger partial charge on any atom is 0.251 e. The van der Waals surface area contributed by atoms with Crippen molar-refractivity contribution in [3.63, 3.8) is 0 Å². The smallest absolute Gasteiger partial charge is 0.251 e. The zero-order valence-electron chi connectivity index (χ0n) is 22.4. The molecule has 3 aliphatic heterocycles. The van der Waals surface area contributed by atoms with Crippen LogP contribution in [0.3, 0.4) is 0 Å². The van der Waals surface area contributed by atoms with Crippen molar-refractivity contribution in [3.05, 3.63) is 83.9 Å². The molecule has 206 valence electrons. The second-order valence-electron chi connectivity index (χ2n) is 10.5. The molecule has 0 aromatic heterocycles. The fraction of sp³-hybridized carbons (Fsp3) is 0.419. The van der Waals surface area contributed by atoms with Crippen molar-refractivity contribution >= 4 is 17.6 Å². The number of phenols is 1. The lowest BCUT2D eigenvalue weighted by atomic mass is 9.86. The molecule has 0 aliphatic carbocycles. The van der Waals surface area contributed by atoms with Gasteiger partial charge in [-0.15, -0.1) is 0 Å². The van der Waals surface area contributed by atoms with E-state index in [-0.39, 0.29) is 17.6 Å². The molecule has 2 N–H and O–H groups in total. The van der Waals surface area contributed by atoms with Crippen molar-refractivity contribution in [3.8, 4) is 5.75 Å². The Morgan fingerprint density at radius 1 is 1.03 bits per heavy atom. The van der Waals surface area contributed by atoms with Gasteiger partial charge in [-0.1, -0.05) is 30.3 Å². The van der Waals surface area contributed by atoms with Crippen molar-refractivity contribution in [2.75, 3.05) is 45.8 Å². The van der Waals surface area contributed by atoms with E-state index < -0.39 is 0 Å². The minimum atomic E-state index is -0.0193. The van der Waals surface area contributed by atoms with Gasteiger partial charge in [-0.25, -0.2) is 0 Å². The third kappa shape index (κ3) is 7.00. The first-order chi connectivity index (χ1) is 19.1. The number of piperidine rings is 1. The third-order valence-corrected chi connectivity index (χ3v) is 7.83. The molecule has 8 heteroatoms. The number of nitrogens with one attached hydrogen (secondary N) is 1. The lowest BCUT2D eigenvalue weighted by molar-refractivity contribution is -0.127. The fourth-order valence-electron chi connectivity index (χ4n) is 5.64. The van der Waals surface area contributed by atoms with Gasteiger partial charge in [-0.05, 0) is 68.5 Å². The highest BCUT2D eigenvalue weighted by molar-refractivity contribution is 5.95. The van der Waals surface area contributed by atoms with Crippen LogP contribution in [0.4, 0.5) is 0 Å². The molecule has 2 saturated heterocycles. The number of aromatic hydroxyl groups is 1. The molecule has 0 bridgehead atoms. The molecule has 0 unspecified atom stereocenters. The van der Waals surface area contributed by atoms with Crippen LogP contribution < -0.4 is 5.32 Å². The summed E-state index contributed by atoms with van der Waals surface area (Å²) < 4.78 is 5.66. The molecule has 2 aromatic carbocycles. The normalized spacial score (nSPS) is 18.3. The minimum absolute atomic E-state index is 0.0193. The number of hydrogen-bond donors (Lipinski definition) is 2. The van der Waals surface area contributed by atoms with E-state index in [9.17, 15) is 14.7 Å². The Morgan fingerprint density at radius 2 is 1.87 bits per heavy atom. The standard InChI is InChI=1S/C31H38N4O4/c36-26-7-3-6-25(22-26)29-23-34(20-21-39-29)19-18-33-16-11-24(12-17-33)27-8-1-2-9-28(27)31(38)32-13-5-15-35-14-4-10-30(35)37/h1-3,6-9,20-24,36H,4-5,10-19H2,(H,32,38). The molecule has 8 nitrogen and oxygen atoms in total. The number of benzene rings is 2. The van der Waals surface area contributed by atoms with E-state index in [0.717, 1.165) is 75.1 Å². The molecular weight excluding hydrogens is 492 g/mol. The molecule has 0 atom stereocenters. The van der Waals surface area contributed by atoms with Gasteiger partial charge in [0.2, 0.25) is 5.91 Å². The molecule has 2 aromatic rings. The van der Waals surface area contributed by atoms with Crippen molar-refractivity contribution in [2.24, 2.45) is 0 Å². The van der Waals surface area contributed by atoms with E-state index in [2.05, 4.69) is 21.2 Å². The first kappa shape index (κ1) is 26.8. The van der Waals surface area contributed by atoms with Crippen LogP contribution in [-0.4, -0.2) is 77.4 Å². The van der Waals surface area contributed by atoms with Crippen molar-refractivity contribution in [1.29, 1.82) is 0 Å². The van der Waals surface area contributed by atoms with Gasteiger partial charge in [-0.3, -0.25) is 9.59 Å². The monoisotopic (exact) mass is 530 g/mol. The van der Waals surface area contributed by atoms with Gasteiger partial charge in [-0.2, -0.15) is 0 Å². The van der Waals surface area contributed by atoms with E-state index in [0.29, 0.717) is 31.2 Å². The molecule has 0 saturated carbocycles. The highest BCUT2D eigenvalue weighted by Gasteiger charge is 2.25. The Kier molecular flexibility index (Phi) is 8.83. The highest BCUT2D eigenvalue weighted by atomic mass is 16.5. The Hall–Kier alpha value is -3.78. The number of phenolic OH excluding ortho intramolecular Hbond substituents is 1. The van der Waals surface area contributed by atoms with Gasteiger partial charge >= 0.3 is 0 Å². The van der Waals surface area contributed by atoms with E-state index >= 15 is 0 Å². The van der Waals surface area contributed by atoms with E-state index in [1.807, 2.05) is 47.6 Å². The van der Waals surface area contributed by atoms with Crippen LogP contribution in [0.2, 0.25) is 0 Å². The van der Waals surface area contributed by atoms with Crippen LogP contribution in [0.1, 0.15) is 59.5 Å². The number of ether oxygens (including phenoxy) is 1. The van der Waals surface area contributed by atoms with Crippen LogP contribution in [0.15, 0.2) is 67.2 Å². The number of hydrogen-bond acceptors (Lipinski definition) is 6. The molecule has 3 heterocycles. The summed E-state index contributed by atoms with van der Waals surface area (Å²) in [6.45, 7) is 5.88. The van der Waals surface area contributed by atoms with Gasteiger partial charge in [0.25, 0.3) is 5.91 Å². The summed E-state index contributed by atoms with van der Waals surface area (Å²) in [6, 6.07) is 15.1. The molecule has 5 rings (SSSR count). The SMILES string of the molecule is O=C(NCCCN1CCCC1=O)c1ccccc1C1CCN(CCN2C=COC(c3cccc(O)c3)=C2)CC1. The molecule has 3 aliphatic rings. The molecule has 2 amide bonds. The average molecular weight is 531 g/mol. The Balaban J connectivity index is 1.08. The number of amides is 2. The largest absolute Gasteiger partial charge is 0.508 e. The second kappa shape index (κ2) is 12.8. The van der Waals surface area contributed by atoms with Crippen LogP contribution >= 0.6 is 0 Å². The van der Waals surface area contributed by atoms with Crippen LogP contribution in [0, 0.1) is 0 Å². The number of carbonyl (C=O) groups excluding carboxylic acids is 2. The topological polar surface area (TPSA) is 85.4 Å². The fourth-order valence-corrected chi connectivity index (χ4v) is 5.64. The summed E-state index contributed by atoms with van der Waals surface area (Å²) >= 11 is 0. The molecular formula is C31H38N4O4. The summed E-state index contributed by atoms with van der Waals surface area (Å²) in [5.41, 5.74) is 2.75. The average Bonchev–Trinajstić information content (AvgIpc) is 3.39. The number of carbonyl (C=O) groups is 2. The molecule has 0 radical (unpaired) electrons. The Bertz CT molecular complexity index is 1220. The zero-order valence-corrected chi connectivity index (χ0v) is 22.4. The summed E-state index contributed by atoms with van der Waals surface area (Å²) in [7, 11) is 0. The van der Waals surface area contributed by atoms with Crippen molar-refractivity contribution < 1.29 is 19.4 Å². The lowest BCUT2D eigenvalue weighted by Gasteiger charge is -2.34. The summed E-state index contributed by atoms with van der Waals surface area (Å²) in [5.74, 6) is 1.51. The highest BCUT2D eigenvalue weighted by Crippen LogP contribution is 2.31. The molecule has 0 spiro atoms. The Morgan fingerprint density at radius 3 is 2.67 bits per heavy atom. The zero-order chi connectivity index (χ0) is 27.0. The van der Waals surface area contributed by atoms with Crippen LogP contribution in [0.5, 0.6) is 5.75 Å². The second-order valence-corrected chi connectivity index (χ2v) is 10.5. The van der Waals surface area contributed by atoms with Gasteiger partial charge in [0.05, 0.1) is 0 Å². The maximum absolute atomic E-state index is 13.0. The predicted octanol–water partition coefficient (Wildman–Crippen LogP) is 4.12. The number of likely N-dealkylation sites (tertiary alicyclic amines) is 2. The summed E-state index contributed by atoms with van der Waals surface area (Å²) in [5, 5.41) is 12.8. The van der Waals surface area contributed by atoms with Gasteiger partial charge in [0.15, 0.2) is 0 Å². The molecule has 2 fully saturated rings. The lowest BCUT2D eigenvalue weighted by Crippen LogP contribution is -2.38. The first-order valence-electron chi connectivity index (χ1n) is 14.0. The van der Waals surface area contributed by atoms with Gasteiger partial charge in [0, 0.05) is 62.7 Å². The predicted molar refractivity (Wildman–Crippen MR) is 151 cm³/mol. The summed E-state index contributed by atoms with van der Waals surface area (Å²) in [6.07, 6.45) is 9.99. The minimum Gasteiger partial charge on any atom is -0.508 e. The van der Waals surface area contributed by atoms with E-state index in [1.54, 1.807) is 18.4 Å². The van der Waals surface area contributed by atoms with E-state index in [4.69, 9.17) is 4.74 Å². The van der Waals surface area contributed by atoms with E-state index in [1.165, 1.54) is 0 Å². The number of nitrogens with zero attached hydrogens (tertiary/aromatic N) is 3. The van der Waals surface area contributed by atoms with Crippen molar-refractivity contribution in [2.45, 2.75) is 38.0 Å². The third-order valence-electron chi connectivity index (χ3n) is 7.83. The Labute approximate surface area is 230 Å². The quantitative estimate of drug-likeness (QED) is 0.450. The van der Waals surface area contributed by atoms with Gasteiger partial charge < -0.3 is 29.9 Å². The first-order valence-corrected chi connectivity index (χ1v) is 14.0. The van der Waals surface area contributed by atoms with Crippen LogP contribution in [-0.2, 0) is 9.53 Å².